The average Bonchev–Trinajstić information content (AvgIpc) is 2.56. The van der Waals surface area contributed by atoms with E-state index in [1.54, 1.807) is 13.3 Å². The van der Waals surface area contributed by atoms with Crippen LogP contribution in [-0.2, 0) is 15.9 Å². The molecule has 6 nitrogen and oxygen atoms in total. The highest BCUT2D eigenvalue weighted by Crippen LogP contribution is 1.95. The normalized spacial score (nSPS) is 11.0. The van der Waals surface area contributed by atoms with Crippen LogP contribution in [0.25, 0.3) is 0 Å². The smallest absolute Gasteiger partial charge is 0.191 e. The number of pyridine rings is 1. The highest BCUT2D eigenvalue weighted by Gasteiger charge is 1.99. The lowest BCUT2D eigenvalue weighted by Gasteiger charge is -2.12. The summed E-state index contributed by atoms with van der Waals surface area (Å²) in [5, 5.41) is 6.61. The van der Waals surface area contributed by atoms with Crippen LogP contribution < -0.4 is 10.6 Å². The van der Waals surface area contributed by atoms with Gasteiger partial charge in [-0.15, -0.1) is 24.0 Å². The highest BCUT2D eigenvalue weighted by atomic mass is 127. The fraction of sp³-hybridized carbons (Fsp3) is 0.625. The first-order valence-corrected chi connectivity index (χ1v) is 7.84. The Bertz CT molecular complexity index is 404. The number of rotatable bonds is 11. The summed E-state index contributed by atoms with van der Waals surface area (Å²) in [4.78, 5) is 8.65. The zero-order chi connectivity index (χ0) is 15.9. The first-order chi connectivity index (χ1) is 10.9. The molecule has 7 heteroatoms. The number of nitrogens with one attached hydrogen (secondary N) is 2. The molecule has 0 aliphatic heterocycles. The van der Waals surface area contributed by atoms with E-state index in [1.807, 2.05) is 19.2 Å². The number of aliphatic imine (C=N–C) groups is 1. The third kappa shape index (κ3) is 12.2. The van der Waals surface area contributed by atoms with Crippen molar-refractivity contribution in [1.82, 2.24) is 15.6 Å². The van der Waals surface area contributed by atoms with Gasteiger partial charge in [0, 0.05) is 52.4 Å². The predicted molar refractivity (Wildman–Crippen MR) is 105 cm³/mol. The van der Waals surface area contributed by atoms with Crippen LogP contribution in [0.3, 0.4) is 0 Å². The van der Waals surface area contributed by atoms with Gasteiger partial charge in [-0.25, -0.2) is 0 Å². The summed E-state index contributed by atoms with van der Waals surface area (Å²) in [6.45, 7) is 6.43. The van der Waals surface area contributed by atoms with Gasteiger partial charge >= 0.3 is 0 Å². The summed E-state index contributed by atoms with van der Waals surface area (Å²) < 4.78 is 10.4. The first-order valence-electron chi connectivity index (χ1n) is 7.84. The van der Waals surface area contributed by atoms with Crippen LogP contribution in [0.4, 0.5) is 0 Å². The molecule has 0 spiro atoms. The minimum absolute atomic E-state index is 0. The van der Waals surface area contributed by atoms with Gasteiger partial charge in [0.2, 0.25) is 0 Å². The molecule has 0 saturated heterocycles. The molecular formula is C16H29IN4O2. The van der Waals surface area contributed by atoms with Gasteiger partial charge in [0.05, 0.1) is 6.61 Å². The number of hydrogen-bond donors (Lipinski definition) is 2. The predicted octanol–water partition coefficient (Wildman–Crippen LogP) is 1.85. The minimum atomic E-state index is 0. The number of halogens is 1. The van der Waals surface area contributed by atoms with Crippen molar-refractivity contribution in [3.8, 4) is 0 Å². The van der Waals surface area contributed by atoms with Crippen LogP contribution in [0, 0.1) is 0 Å². The molecule has 23 heavy (non-hydrogen) atoms. The second-order valence-corrected chi connectivity index (χ2v) is 4.74. The quantitative estimate of drug-likeness (QED) is 0.240. The molecule has 0 radical (unpaired) electrons. The van der Waals surface area contributed by atoms with Crippen molar-refractivity contribution in [1.29, 1.82) is 0 Å². The van der Waals surface area contributed by atoms with Crippen LogP contribution in [0.15, 0.2) is 29.5 Å². The number of aromatic nitrogens is 1. The Labute approximate surface area is 156 Å². The van der Waals surface area contributed by atoms with Crippen molar-refractivity contribution >= 4 is 29.9 Å². The summed E-state index contributed by atoms with van der Waals surface area (Å²) in [5.41, 5.74) is 1.21. The molecule has 1 aromatic heterocycles. The summed E-state index contributed by atoms with van der Waals surface area (Å²) in [7, 11) is 1.71. The Morgan fingerprint density at radius 2 is 2.09 bits per heavy atom. The van der Waals surface area contributed by atoms with E-state index >= 15 is 0 Å². The third-order valence-electron chi connectivity index (χ3n) is 2.95. The number of hydrogen-bond acceptors (Lipinski definition) is 4. The third-order valence-corrected chi connectivity index (χ3v) is 2.95. The van der Waals surface area contributed by atoms with Gasteiger partial charge in [0.25, 0.3) is 0 Å². The van der Waals surface area contributed by atoms with Gasteiger partial charge in [-0.2, -0.15) is 0 Å². The molecule has 132 valence electrons. The van der Waals surface area contributed by atoms with E-state index in [2.05, 4.69) is 26.7 Å². The molecule has 0 bridgehead atoms. The molecule has 0 unspecified atom stereocenters. The van der Waals surface area contributed by atoms with Gasteiger partial charge in [-0.3, -0.25) is 9.98 Å². The van der Waals surface area contributed by atoms with Crippen molar-refractivity contribution in [3.05, 3.63) is 30.1 Å². The van der Waals surface area contributed by atoms with Crippen molar-refractivity contribution in [2.24, 2.45) is 4.99 Å². The lowest BCUT2D eigenvalue weighted by molar-refractivity contribution is 0.152. The largest absolute Gasteiger partial charge is 0.385 e. The van der Waals surface area contributed by atoms with Crippen molar-refractivity contribution in [2.45, 2.75) is 19.8 Å². The van der Waals surface area contributed by atoms with E-state index in [0.29, 0.717) is 6.61 Å². The van der Waals surface area contributed by atoms with Crippen LogP contribution in [0.2, 0.25) is 0 Å². The Kier molecular flexibility index (Phi) is 15.3. The Balaban J connectivity index is 0.00000484. The molecule has 2 N–H and O–H groups in total. The zero-order valence-corrected chi connectivity index (χ0v) is 16.4. The van der Waals surface area contributed by atoms with Gasteiger partial charge in [-0.1, -0.05) is 6.07 Å². The van der Waals surface area contributed by atoms with Crippen molar-refractivity contribution in [3.63, 3.8) is 0 Å². The van der Waals surface area contributed by atoms with E-state index in [0.717, 1.165) is 51.6 Å². The van der Waals surface area contributed by atoms with E-state index in [9.17, 15) is 0 Å². The number of methoxy groups -OCH3 is 1. The molecule has 0 aliphatic carbocycles. The monoisotopic (exact) mass is 436 g/mol. The van der Waals surface area contributed by atoms with E-state index in [4.69, 9.17) is 9.47 Å². The van der Waals surface area contributed by atoms with E-state index in [-0.39, 0.29) is 24.0 Å². The molecular weight excluding hydrogens is 407 g/mol. The van der Waals surface area contributed by atoms with Gasteiger partial charge in [0.15, 0.2) is 5.96 Å². The maximum Gasteiger partial charge on any atom is 0.191 e. The standard InChI is InChI=1S/C16H28N4O2.HI/c1-3-22-13-11-20-16(18-9-5-12-21-2)19-10-7-15-6-4-8-17-14-15;/h4,6,8,14H,3,5,7,9-13H2,1-2H3,(H2,18,19,20);1H. The Morgan fingerprint density at radius 3 is 2.78 bits per heavy atom. The van der Waals surface area contributed by atoms with Gasteiger partial charge < -0.3 is 20.1 Å². The van der Waals surface area contributed by atoms with Gasteiger partial charge in [0.1, 0.15) is 0 Å². The van der Waals surface area contributed by atoms with E-state index in [1.165, 1.54) is 5.56 Å². The van der Waals surface area contributed by atoms with Crippen molar-refractivity contribution in [2.75, 3.05) is 46.6 Å². The summed E-state index contributed by atoms with van der Waals surface area (Å²) in [5.74, 6) is 0.819. The molecule has 1 heterocycles. The highest BCUT2D eigenvalue weighted by molar-refractivity contribution is 14.0. The van der Waals surface area contributed by atoms with Crippen LogP contribution >= 0.6 is 24.0 Å². The molecule has 1 rings (SSSR count). The lowest BCUT2D eigenvalue weighted by atomic mass is 10.2. The maximum absolute atomic E-state index is 5.33. The molecule has 1 aromatic rings. The summed E-state index contributed by atoms with van der Waals surface area (Å²) in [6, 6.07) is 4.03. The lowest BCUT2D eigenvalue weighted by Crippen LogP contribution is -2.40. The first kappa shape index (κ1) is 22.1. The molecule has 0 saturated carbocycles. The molecule has 0 atom stereocenters. The fourth-order valence-corrected chi connectivity index (χ4v) is 1.83. The van der Waals surface area contributed by atoms with E-state index < -0.39 is 0 Å². The summed E-state index contributed by atoms with van der Waals surface area (Å²) in [6.07, 6.45) is 5.50. The Morgan fingerprint density at radius 1 is 1.26 bits per heavy atom. The van der Waals surface area contributed by atoms with Crippen molar-refractivity contribution < 1.29 is 9.47 Å². The Hall–Kier alpha value is -0.930. The maximum atomic E-state index is 5.33. The second kappa shape index (κ2) is 15.9. The van der Waals surface area contributed by atoms with Crippen LogP contribution in [0.1, 0.15) is 18.9 Å². The molecule has 0 fully saturated rings. The number of nitrogens with zero attached hydrogens (tertiary/aromatic N) is 2. The topological polar surface area (TPSA) is 67.8 Å². The number of ether oxygens (including phenoxy) is 2. The second-order valence-electron chi connectivity index (χ2n) is 4.74. The minimum Gasteiger partial charge on any atom is -0.385 e. The van der Waals surface area contributed by atoms with Crippen LogP contribution in [0.5, 0.6) is 0 Å². The molecule has 0 aliphatic rings. The van der Waals surface area contributed by atoms with Crippen LogP contribution in [-0.4, -0.2) is 57.5 Å². The fourth-order valence-electron chi connectivity index (χ4n) is 1.83. The average molecular weight is 436 g/mol. The molecule has 0 aromatic carbocycles. The SMILES string of the molecule is CCOCCNC(=NCCCOC)NCCc1cccnc1.I. The zero-order valence-electron chi connectivity index (χ0n) is 14.1. The van der Waals surface area contributed by atoms with Gasteiger partial charge in [-0.05, 0) is 31.4 Å². The number of guanidine groups is 1. The molecule has 0 amide bonds. The summed E-state index contributed by atoms with van der Waals surface area (Å²) >= 11 is 0.